The van der Waals surface area contributed by atoms with Gasteiger partial charge in [-0.05, 0) is 36.5 Å². The Hall–Kier alpha value is -1.65. The predicted molar refractivity (Wildman–Crippen MR) is 86.5 cm³/mol. The van der Waals surface area contributed by atoms with Crippen LogP contribution in [0.1, 0.15) is 23.2 Å². The van der Waals surface area contributed by atoms with Gasteiger partial charge in [-0.1, -0.05) is 35.9 Å². The van der Waals surface area contributed by atoms with E-state index in [0.29, 0.717) is 0 Å². The maximum Gasteiger partial charge on any atom is 0.203 e. The Morgan fingerprint density at radius 3 is 3.00 bits per heavy atom. The molecule has 5 heteroatoms. The third-order valence-corrected chi connectivity index (χ3v) is 4.51. The van der Waals surface area contributed by atoms with E-state index in [0.717, 1.165) is 39.8 Å². The number of rotatable bonds is 3. The molecule has 1 aromatic carbocycles. The van der Waals surface area contributed by atoms with Gasteiger partial charge < -0.3 is 0 Å². The standard InChI is InChI=1S/C15H14ClN3S/c1-10-9-20-15(18-10)19-17-8-12-7-6-11-4-2-3-5-13(11)14(12)16/h2-5,8-9H,6-7H2,1H3,(H,18,19)/b17-8+. The molecule has 0 bridgehead atoms. The number of aromatic nitrogens is 1. The van der Waals surface area contributed by atoms with Gasteiger partial charge >= 0.3 is 0 Å². The topological polar surface area (TPSA) is 37.3 Å². The number of halogens is 1. The van der Waals surface area contributed by atoms with Crippen LogP contribution in [0.25, 0.3) is 5.03 Å². The maximum absolute atomic E-state index is 6.45. The summed E-state index contributed by atoms with van der Waals surface area (Å²) in [6, 6.07) is 8.25. The highest BCUT2D eigenvalue weighted by Crippen LogP contribution is 2.33. The first-order valence-corrected chi connectivity index (χ1v) is 7.68. The molecule has 1 aliphatic carbocycles. The van der Waals surface area contributed by atoms with Crippen molar-refractivity contribution in [3.8, 4) is 0 Å². The molecular weight excluding hydrogens is 290 g/mol. The minimum atomic E-state index is 0.798. The van der Waals surface area contributed by atoms with Crippen LogP contribution in [-0.2, 0) is 6.42 Å². The fourth-order valence-electron chi connectivity index (χ4n) is 2.20. The van der Waals surface area contributed by atoms with Crippen LogP contribution < -0.4 is 5.43 Å². The van der Waals surface area contributed by atoms with Crippen molar-refractivity contribution in [3.63, 3.8) is 0 Å². The van der Waals surface area contributed by atoms with Gasteiger partial charge in [-0.25, -0.2) is 4.98 Å². The van der Waals surface area contributed by atoms with Crippen molar-refractivity contribution in [1.29, 1.82) is 0 Å². The van der Waals surface area contributed by atoms with Crippen molar-refractivity contribution < 1.29 is 0 Å². The Balaban J connectivity index is 1.77. The van der Waals surface area contributed by atoms with E-state index >= 15 is 0 Å². The molecule has 0 amide bonds. The summed E-state index contributed by atoms with van der Waals surface area (Å²) in [6.45, 7) is 1.96. The number of hydrazone groups is 1. The highest BCUT2D eigenvalue weighted by atomic mass is 35.5. The van der Waals surface area contributed by atoms with Crippen LogP contribution >= 0.6 is 22.9 Å². The largest absolute Gasteiger partial charge is 0.253 e. The van der Waals surface area contributed by atoms with Crippen LogP contribution in [0, 0.1) is 6.92 Å². The number of nitrogens with one attached hydrogen (secondary N) is 1. The summed E-state index contributed by atoms with van der Waals surface area (Å²) in [5.74, 6) is 0. The number of fused-ring (bicyclic) bond motifs is 1. The second kappa shape index (κ2) is 5.77. The molecule has 1 aliphatic rings. The smallest absolute Gasteiger partial charge is 0.203 e. The summed E-state index contributed by atoms with van der Waals surface area (Å²) in [7, 11) is 0. The molecule has 1 N–H and O–H groups in total. The lowest BCUT2D eigenvalue weighted by atomic mass is 9.92. The Labute approximate surface area is 127 Å². The summed E-state index contributed by atoms with van der Waals surface area (Å²) >= 11 is 7.99. The number of nitrogens with zero attached hydrogens (tertiary/aromatic N) is 2. The Kier molecular flexibility index (Phi) is 3.85. The molecule has 2 aromatic rings. The first-order valence-electron chi connectivity index (χ1n) is 6.42. The fraction of sp³-hybridized carbons (Fsp3) is 0.200. The van der Waals surface area contributed by atoms with Gasteiger partial charge in [0.2, 0.25) is 5.13 Å². The number of benzene rings is 1. The molecule has 0 spiro atoms. The van der Waals surface area contributed by atoms with E-state index in [1.54, 1.807) is 17.6 Å². The quantitative estimate of drug-likeness (QED) is 0.672. The molecule has 1 aromatic heterocycles. The van der Waals surface area contributed by atoms with Gasteiger partial charge in [0.15, 0.2) is 0 Å². The molecule has 0 saturated heterocycles. The van der Waals surface area contributed by atoms with E-state index < -0.39 is 0 Å². The second-order valence-electron chi connectivity index (χ2n) is 4.66. The normalized spacial score (nSPS) is 14.7. The van der Waals surface area contributed by atoms with Crippen LogP contribution in [0.5, 0.6) is 0 Å². The van der Waals surface area contributed by atoms with E-state index in [4.69, 9.17) is 11.6 Å². The maximum atomic E-state index is 6.45. The van der Waals surface area contributed by atoms with Crippen molar-refractivity contribution in [3.05, 3.63) is 52.0 Å². The second-order valence-corrected chi connectivity index (χ2v) is 5.90. The van der Waals surface area contributed by atoms with Gasteiger partial charge in [-0.3, -0.25) is 5.43 Å². The van der Waals surface area contributed by atoms with Crippen molar-refractivity contribution in [2.24, 2.45) is 5.10 Å². The summed E-state index contributed by atoms with van der Waals surface area (Å²) in [4.78, 5) is 4.29. The summed E-state index contributed by atoms with van der Waals surface area (Å²) in [5, 5.41) is 7.82. The van der Waals surface area contributed by atoms with Crippen LogP contribution in [0.4, 0.5) is 5.13 Å². The summed E-state index contributed by atoms with van der Waals surface area (Å²) in [6.07, 6.45) is 3.72. The zero-order valence-corrected chi connectivity index (χ0v) is 12.6. The van der Waals surface area contributed by atoms with Crippen molar-refractivity contribution in [2.75, 3.05) is 5.43 Å². The predicted octanol–water partition coefficient (Wildman–Crippen LogP) is 4.45. The SMILES string of the molecule is Cc1csc(N/N=C/C2=C(Cl)c3ccccc3CC2)n1. The van der Waals surface area contributed by atoms with E-state index in [9.17, 15) is 0 Å². The molecule has 1 heterocycles. The molecule has 0 fully saturated rings. The first-order chi connectivity index (χ1) is 9.74. The molecule has 0 aliphatic heterocycles. The lowest BCUT2D eigenvalue weighted by Gasteiger charge is -2.17. The van der Waals surface area contributed by atoms with Crippen molar-refractivity contribution >= 4 is 39.3 Å². The third-order valence-electron chi connectivity index (χ3n) is 3.20. The molecule has 0 atom stereocenters. The molecule has 0 saturated carbocycles. The first kappa shape index (κ1) is 13.3. The minimum absolute atomic E-state index is 0.798. The lowest BCUT2D eigenvalue weighted by Crippen LogP contribution is -2.04. The number of thiazole rings is 1. The van der Waals surface area contributed by atoms with Crippen LogP contribution in [0.2, 0.25) is 0 Å². The number of hydrogen-bond acceptors (Lipinski definition) is 4. The lowest BCUT2D eigenvalue weighted by molar-refractivity contribution is 0.960. The van der Waals surface area contributed by atoms with Crippen molar-refractivity contribution in [1.82, 2.24) is 4.98 Å². The fourth-order valence-corrected chi connectivity index (χ4v) is 3.16. The third kappa shape index (κ3) is 2.76. The average molecular weight is 304 g/mol. The van der Waals surface area contributed by atoms with E-state index in [-0.39, 0.29) is 0 Å². The Morgan fingerprint density at radius 2 is 2.20 bits per heavy atom. The van der Waals surface area contributed by atoms with Gasteiger partial charge in [0.05, 0.1) is 16.9 Å². The number of allylic oxidation sites excluding steroid dienone is 1. The van der Waals surface area contributed by atoms with Gasteiger partial charge in [0.1, 0.15) is 0 Å². The van der Waals surface area contributed by atoms with Gasteiger partial charge in [-0.15, -0.1) is 11.3 Å². The number of anilines is 1. The molecule has 3 nitrogen and oxygen atoms in total. The molecule has 0 radical (unpaired) electrons. The zero-order valence-electron chi connectivity index (χ0n) is 11.1. The monoisotopic (exact) mass is 303 g/mol. The minimum Gasteiger partial charge on any atom is -0.253 e. The highest BCUT2D eigenvalue weighted by molar-refractivity contribution is 7.13. The Bertz CT molecular complexity index is 688. The van der Waals surface area contributed by atoms with Gasteiger partial charge in [-0.2, -0.15) is 5.10 Å². The average Bonchev–Trinajstić information content (AvgIpc) is 2.87. The number of aryl methyl sites for hydroxylation is 2. The van der Waals surface area contributed by atoms with E-state index in [1.807, 2.05) is 18.4 Å². The van der Waals surface area contributed by atoms with E-state index in [1.165, 1.54) is 5.56 Å². The van der Waals surface area contributed by atoms with E-state index in [2.05, 4.69) is 33.7 Å². The summed E-state index contributed by atoms with van der Waals surface area (Å²) in [5.41, 5.74) is 7.42. The molecule has 102 valence electrons. The molecule has 20 heavy (non-hydrogen) atoms. The van der Waals surface area contributed by atoms with Crippen LogP contribution in [0.3, 0.4) is 0 Å². The molecule has 0 unspecified atom stereocenters. The highest BCUT2D eigenvalue weighted by Gasteiger charge is 2.15. The van der Waals surface area contributed by atoms with Crippen LogP contribution in [0.15, 0.2) is 40.3 Å². The molecular formula is C15H14ClN3S. The zero-order chi connectivity index (χ0) is 13.9. The van der Waals surface area contributed by atoms with Crippen molar-refractivity contribution in [2.45, 2.75) is 19.8 Å². The van der Waals surface area contributed by atoms with Gasteiger partial charge in [0, 0.05) is 5.38 Å². The molecule has 3 rings (SSSR count). The van der Waals surface area contributed by atoms with Gasteiger partial charge in [0.25, 0.3) is 0 Å². The number of hydrogen-bond donors (Lipinski definition) is 1. The Morgan fingerprint density at radius 1 is 1.35 bits per heavy atom. The summed E-state index contributed by atoms with van der Waals surface area (Å²) < 4.78 is 0. The van der Waals surface area contributed by atoms with Crippen LogP contribution in [-0.4, -0.2) is 11.2 Å².